The fourth-order valence-corrected chi connectivity index (χ4v) is 2.95. The molecule has 1 amide bonds. The topological polar surface area (TPSA) is 42.0 Å². The maximum Gasteiger partial charge on any atom is 0.236 e. The molecule has 1 spiro atoms. The molecule has 1 unspecified atom stereocenters. The molecule has 1 atom stereocenters. The molecule has 0 saturated carbocycles. The zero-order chi connectivity index (χ0) is 13.2. The number of methoxy groups -OCH3 is 1. The zero-order valence-corrected chi connectivity index (χ0v) is 11.6. The van der Waals surface area contributed by atoms with E-state index in [9.17, 15) is 4.79 Å². The first-order valence-corrected chi connectivity index (χ1v) is 6.63. The lowest BCUT2D eigenvalue weighted by Gasteiger charge is -2.50. The van der Waals surface area contributed by atoms with E-state index in [1.54, 1.807) is 7.11 Å². The van der Waals surface area contributed by atoms with Crippen molar-refractivity contribution in [2.75, 3.05) is 54.1 Å². The molecule has 2 aliphatic rings. The van der Waals surface area contributed by atoms with Crippen LogP contribution in [0.15, 0.2) is 0 Å². The first-order valence-electron chi connectivity index (χ1n) is 6.63. The number of amides is 1. The Morgan fingerprint density at radius 3 is 2.83 bits per heavy atom. The van der Waals surface area contributed by atoms with Crippen LogP contribution in [0.1, 0.15) is 12.8 Å². The van der Waals surface area contributed by atoms with E-state index >= 15 is 0 Å². The molecule has 0 aromatic heterocycles. The fraction of sp³-hybridized carbons (Fsp3) is 0.923. The summed E-state index contributed by atoms with van der Waals surface area (Å²) in [6, 6.07) is 0. The Morgan fingerprint density at radius 1 is 1.50 bits per heavy atom. The predicted molar refractivity (Wildman–Crippen MR) is 68.4 cm³/mol. The SMILES string of the molecule is COCCC1CCOC12CN(C(=O)CN(C)C)C2. The molecule has 104 valence electrons. The van der Waals surface area contributed by atoms with Crippen molar-refractivity contribution in [2.24, 2.45) is 5.92 Å². The Morgan fingerprint density at radius 2 is 2.22 bits per heavy atom. The third-order valence-corrected chi connectivity index (χ3v) is 3.99. The van der Waals surface area contributed by atoms with Gasteiger partial charge in [-0.2, -0.15) is 0 Å². The monoisotopic (exact) mass is 256 g/mol. The first-order chi connectivity index (χ1) is 8.57. The molecule has 2 heterocycles. The van der Waals surface area contributed by atoms with Crippen LogP contribution in [0.3, 0.4) is 0 Å². The van der Waals surface area contributed by atoms with Gasteiger partial charge in [0.05, 0.1) is 19.6 Å². The van der Waals surface area contributed by atoms with Crippen LogP contribution in [0.25, 0.3) is 0 Å². The van der Waals surface area contributed by atoms with E-state index in [1.807, 2.05) is 23.9 Å². The van der Waals surface area contributed by atoms with Gasteiger partial charge in [-0.25, -0.2) is 0 Å². The summed E-state index contributed by atoms with van der Waals surface area (Å²) in [5.41, 5.74) is -0.0689. The Kier molecular flexibility index (Phi) is 4.25. The van der Waals surface area contributed by atoms with E-state index in [1.165, 1.54) is 0 Å². The van der Waals surface area contributed by atoms with Crippen LogP contribution in [0.2, 0.25) is 0 Å². The van der Waals surface area contributed by atoms with Gasteiger partial charge < -0.3 is 19.3 Å². The lowest BCUT2D eigenvalue weighted by molar-refractivity contribution is -0.166. The second kappa shape index (κ2) is 5.55. The number of hydrogen-bond acceptors (Lipinski definition) is 4. The lowest BCUT2D eigenvalue weighted by atomic mass is 9.79. The number of hydrogen-bond donors (Lipinski definition) is 0. The van der Waals surface area contributed by atoms with Gasteiger partial charge in [-0.3, -0.25) is 4.79 Å². The Labute approximate surface area is 109 Å². The second-order valence-electron chi connectivity index (χ2n) is 5.67. The maximum atomic E-state index is 11.9. The highest BCUT2D eigenvalue weighted by Gasteiger charge is 2.53. The predicted octanol–water partition coefficient (Wildman–Crippen LogP) is 0.202. The quantitative estimate of drug-likeness (QED) is 0.705. The Balaban J connectivity index is 1.83. The third-order valence-electron chi connectivity index (χ3n) is 3.99. The van der Waals surface area contributed by atoms with Gasteiger partial charge in [0.15, 0.2) is 0 Å². The molecule has 0 aliphatic carbocycles. The third kappa shape index (κ3) is 2.68. The molecule has 0 aromatic rings. The minimum atomic E-state index is -0.0689. The smallest absolute Gasteiger partial charge is 0.236 e. The van der Waals surface area contributed by atoms with Gasteiger partial charge in [-0.1, -0.05) is 0 Å². The Bertz CT molecular complexity index is 301. The van der Waals surface area contributed by atoms with Gasteiger partial charge in [0.2, 0.25) is 5.91 Å². The van der Waals surface area contributed by atoms with Gasteiger partial charge >= 0.3 is 0 Å². The van der Waals surface area contributed by atoms with E-state index in [0.717, 1.165) is 39.1 Å². The molecule has 5 heteroatoms. The van der Waals surface area contributed by atoms with Gasteiger partial charge in [0, 0.05) is 20.3 Å². The van der Waals surface area contributed by atoms with E-state index in [0.29, 0.717) is 12.5 Å². The van der Waals surface area contributed by atoms with Gasteiger partial charge in [0.25, 0.3) is 0 Å². The minimum absolute atomic E-state index is 0.0689. The average Bonchev–Trinajstić information content (AvgIpc) is 2.66. The van der Waals surface area contributed by atoms with Crippen molar-refractivity contribution >= 4 is 5.91 Å². The number of nitrogens with zero attached hydrogens (tertiary/aromatic N) is 2. The average molecular weight is 256 g/mol. The number of carbonyl (C=O) groups excluding carboxylic acids is 1. The maximum absolute atomic E-state index is 11.9. The molecule has 0 radical (unpaired) electrons. The number of ether oxygens (including phenoxy) is 2. The highest BCUT2D eigenvalue weighted by atomic mass is 16.5. The van der Waals surface area contributed by atoms with Crippen LogP contribution in [0, 0.1) is 5.92 Å². The minimum Gasteiger partial charge on any atom is -0.385 e. The number of rotatable bonds is 5. The van der Waals surface area contributed by atoms with Crippen LogP contribution in [-0.4, -0.2) is 75.4 Å². The van der Waals surface area contributed by atoms with Crippen LogP contribution in [0.5, 0.6) is 0 Å². The van der Waals surface area contributed by atoms with Gasteiger partial charge in [-0.15, -0.1) is 0 Å². The zero-order valence-electron chi connectivity index (χ0n) is 11.6. The summed E-state index contributed by atoms with van der Waals surface area (Å²) in [6.45, 7) is 3.60. The van der Waals surface area contributed by atoms with Gasteiger partial charge in [-0.05, 0) is 32.9 Å². The summed E-state index contributed by atoms with van der Waals surface area (Å²) in [5.74, 6) is 0.743. The summed E-state index contributed by atoms with van der Waals surface area (Å²) in [7, 11) is 5.57. The standard InChI is InChI=1S/C13H24N2O3/c1-14(2)8-12(16)15-9-13(10-15)11(4-6-17-3)5-7-18-13/h11H,4-10H2,1-3H3. The summed E-state index contributed by atoms with van der Waals surface area (Å²) >= 11 is 0. The number of likely N-dealkylation sites (N-methyl/N-ethyl adjacent to an activating group) is 1. The molecular weight excluding hydrogens is 232 g/mol. The second-order valence-corrected chi connectivity index (χ2v) is 5.67. The highest BCUT2D eigenvalue weighted by Crippen LogP contribution is 2.41. The van der Waals surface area contributed by atoms with E-state index in [4.69, 9.17) is 9.47 Å². The van der Waals surface area contributed by atoms with Crippen LogP contribution < -0.4 is 0 Å². The van der Waals surface area contributed by atoms with E-state index in [-0.39, 0.29) is 11.5 Å². The number of likely N-dealkylation sites (tertiary alicyclic amines) is 1. The molecular formula is C13H24N2O3. The molecule has 0 bridgehead atoms. The number of carbonyl (C=O) groups is 1. The molecule has 18 heavy (non-hydrogen) atoms. The Hall–Kier alpha value is -0.650. The van der Waals surface area contributed by atoms with E-state index in [2.05, 4.69) is 0 Å². The van der Waals surface area contributed by atoms with Crippen molar-refractivity contribution in [2.45, 2.75) is 18.4 Å². The normalized spacial score (nSPS) is 25.8. The fourth-order valence-electron chi connectivity index (χ4n) is 2.95. The summed E-state index contributed by atoms with van der Waals surface area (Å²) in [4.78, 5) is 15.7. The molecule has 2 aliphatic heterocycles. The summed E-state index contributed by atoms with van der Waals surface area (Å²) in [5, 5.41) is 0. The van der Waals surface area contributed by atoms with Crippen LogP contribution >= 0.6 is 0 Å². The van der Waals surface area contributed by atoms with Crippen molar-refractivity contribution in [3.63, 3.8) is 0 Å². The molecule has 2 saturated heterocycles. The van der Waals surface area contributed by atoms with Crippen LogP contribution in [0.4, 0.5) is 0 Å². The van der Waals surface area contributed by atoms with Gasteiger partial charge in [0.1, 0.15) is 5.60 Å². The molecule has 2 fully saturated rings. The van der Waals surface area contributed by atoms with Crippen molar-refractivity contribution in [3.8, 4) is 0 Å². The summed E-state index contributed by atoms with van der Waals surface area (Å²) < 4.78 is 11.1. The lowest BCUT2D eigenvalue weighted by Crippen LogP contribution is -2.67. The van der Waals surface area contributed by atoms with Crippen LogP contribution in [-0.2, 0) is 14.3 Å². The first kappa shape index (κ1) is 13.8. The summed E-state index contributed by atoms with van der Waals surface area (Å²) in [6.07, 6.45) is 2.13. The van der Waals surface area contributed by atoms with Crippen molar-refractivity contribution in [1.29, 1.82) is 0 Å². The molecule has 5 nitrogen and oxygen atoms in total. The largest absolute Gasteiger partial charge is 0.385 e. The molecule has 0 aromatic carbocycles. The van der Waals surface area contributed by atoms with Crippen molar-refractivity contribution in [3.05, 3.63) is 0 Å². The van der Waals surface area contributed by atoms with E-state index < -0.39 is 0 Å². The highest BCUT2D eigenvalue weighted by molar-refractivity contribution is 5.79. The molecule has 0 N–H and O–H groups in total. The van der Waals surface area contributed by atoms with Crippen molar-refractivity contribution in [1.82, 2.24) is 9.80 Å². The van der Waals surface area contributed by atoms with Crippen molar-refractivity contribution < 1.29 is 14.3 Å². The molecule has 2 rings (SSSR count).